The van der Waals surface area contributed by atoms with Gasteiger partial charge in [0.15, 0.2) is 0 Å². The Morgan fingerprint density at radius 1 is 1.13 bits per heavy atom. The molecular weight excluding hydrogens is 308 g/mol. The second-order valence-electron chi connectivity index (χ2n) is 5.88. The molecule has 5 heteroatoms. The summed E-state index contributed by atoms with van der Waals surface area (Å²) < 4.78 is 0. The Hall–Kier alpha value is -2.14. The summed E-state index contributed by atoms with van der Waals surface area (Å²) in [5.74, 6) is 0.0661. The van der Waals surface area contributed by atoms with E-state index in [9.17, 15) is 9.59 Å². The van der Waals surface area contributed by atoms with E-state index in [-0.39, 0.29) is 17.9 Å². The minimum Gasteiger partial charge on any atom is -0.348 e. The van der Waals surface area contributed by atoms with Crippen LogP contribution >= 0.6 is 11.3 Å². The molecule has 0 spiro atoms. The van der Waals surface area contributed by atoms with E-state index in [2.05, 4.69) is 5.32 Å². The van der Waals surface area contributed by atoms with Crippen LogP contribution in [0.5, 0.6) is 0 Å². The summed E-state index contributed by atoms with van der Waals surface area (Å²) in [5.41, 5.74) is 1.88. The number of nitrogens with zero attached hydrogens (tertiary/aromatic N) is 1. The van der Waals surface area contributed by atoms with Crippen LogP contribution in [-0.4, -0.2) is 35.8 Å². The standard InChI is InChI=1S/C18H20N2O2S/c1-13-4-6-14(7-5-13)18(22)20-10-8-15(9-11-20)19-17(21)16-3-2-12-23-16/h2-7,12,15H,8-11H2,1H3,(H,19,21). The number of carbonyl (C=O) groups is 2. The lowest BCUT2D eigenvalue weighted by Gasteiger charge is -2.32. The third-order valence-corrected chi connectivity index (χ3v) is 5.03. The summed E-state index contributed by atoms with van der Waals surface area (Å²) in [7, 11) is 0. The molecule has 0 radical (unpaired) electrons. The van der Waals surface area contributed by atoms with Crippen LogP contribution in [-0.2, 0) is 0 Å². The predicted molar refractivity (Wildman–Crippen MR) is 91.9 cm³/mol. The zero-order valence-corrected chi connectivity index (χ0v) is 13.9. The van der Waals surface area contributed by atoms with Crippen molar-refractivity contribution in [2.24, 2.45) is 0 Å². The fourth-order valence-corrected chi connectivity index (χ4v) is 3.40. The lowest BCUT2D eigenvalue weighted by atomic mass is 10.0. The molecule has 3 rings (SSSR count). The molecule has 0 atom stereocenters. The van der Waals surface area contributed by atoms with E-state index < -0.39 is 0 Å². The molecule has 2 amide bonds. The molecule has 1 N–H and O–H groups in total. The van der Waals surface area contributed by atoms with Crippen LogP contribution in [0.25, 0.3) is 0 Å². The second-order valence-corrected chi connectivity index (χ2v) is 6.83. The maximum atomic E-state index is 12.5. The highest BCUT2D eigenvalue weighted by Gasteiger charge is 2.24. The van der Waals surface area contributed by atoms with Gasteiger partial charge in [0.25, 0.3) is 11.8 Å². The van der Waals surface area contributed by atoms with Crippen molar-refractivity contribution >= 4 is 23.2 Å². The molecule has 0 bridgehead atoms. The molecular formula is C18H20N2O2S. The van der Waals surface area contributed by atoms with E-state index in [0.29, 0.717) is 13.1 Å². The highest BCUT2D eigenvalue weighted by atomic mass is 32.1. The number of rotatable bonds is 3. The smallest absolute Gasteiger partial charge is 0.261 e. The maximum Gasteiger partial charge on any atom is 0.261 e. The number of piperidine rings is 1. The molecule has 1 fully saturated rings. The highest BCUT2D eigenvalue weighted by Crippen LogP contribution is 2.16. The lowest BCUT2D eigenvalue weighted by molar-refractivity contribution is 0.0698. The van der Waals surface area contributed by atoms with Crippen LogP contribution in [0.2, 0.25) is 0 Å². The van der Waals surface area contributed by atoms with E-state index >= 15 is 0 Å². The lowest BCUT2D eigenvalue weighted by Crippen LogP contribution is -2.46. The summed E-state index contributed by atoms with van der Waals surface area (Å²) in [6.07, 6.45) is 1.60. The normalized spacial score (nSPS) is 15.4. The third-order valence-electron chi connectivity index (χ3n) is 4.16. The molecule has 1 aliphatic rings. The molecule has 4 nitrogen and oxygen atoms in total. The fraction of sp³-hybridized carbons (Fsp3) is 0.333. The number of hydrogen-bond donors (Lipinski definition) is 1. The van der Waals surface area contributed by atoms with Crippen LogP contribution < -0.4 is 5.32 Å². The fourth-order valence-electron chi connectivity index (χ4n) is 2.77. The number of thiophene rings is 1. The zero-order valence-electron chi connectivity index (χ0n) is 13.1. The quantitative estimate of drug-likeness (QED) is 0.941. The van der Waals surface area contributed by atoms with Crippen molar-refractivity contribution in [1.29, 1.82) is 0 Å². The number of benzene rings is 1. The van der Waals surface area contributed by atoms with Gasteiger partial charge in [0.2, 0.25) is 0 Å². The Kier molecular flexibility index (Phi) is 4.76. The number of hydrogen-bond acceptors (Lipinski definition) is 3. The number of carbonyl (C=O) groups excluding carboxylic acids is 2. The first-order chi connectivity index (χ1) is 11.1. The van der Waals surface area contributed by atoms with Crippen LogP contribution in [0.3, 0.4) is 0 Å². The first-order valence-electron chi connectivity index (χ1n) is 7.84. The van der Waals surface area contributed by atoms with Crippen molar-refractivity contribution in [3.8, 4) is 0 Å². The highest BCUT2D eigenvalue weighted by molar-refractivity contribution is 7.12. The van der Waals surface area contributed by atoms with E-state index in [4.69, 9.17) is 0 Å². The van der Waals surface area contributed by atoms with E-state index in [1.807, 2.05) is 53.6 Å². The van der Waals surface area contributed by atoms with E-state index in [1.54, 1.807) is 0 Å². The Labute approximate surface area is 140 Å². The van der Waals surface area contributed by atoms with E-state index in [1.165, 1.54) is 11.3 Å². The number of amides is 2. The van der Waals surface area contributed by atoms with Crippen molar-refractivity contribution < 1.29 is 9.59 Å². The Balaban J connectivity index is 1.53. The topological polar surface area (TPSA) is 49.4 Å². The first kappa shape index (κ1) is 15.7. The summed E-state index contributed by atoms with van der Waals surface area (Å²) in [5, 5.41) is 4.96. The van der Waals surface area contributed by atoms with Crippen LogP contribution in [0, 0.1) is 6.92 Å². The number of aryl methyl sites for hydroxylation is 1. The predicted octanol–water partition coefficient (Wildman–Crippen LogP) is 3.09. The summed E-state index contributed by atoms with van der Waals surface area (Å²) in [4.78, 5) is 27.1. The van der Waals surface area contributed by atoms with Gasteiger partial charge in [-0.05, 0) is 43.3 Å². The summed E-state index contributed by atoms with van der Waals surface area (Å²) in [6.45, 7) is 3.38. The van der Waals surface area contributed by atoms with Gasteiger partial charge < -0.3 is 10.2 Å². The SMILES string of the molecule is Cc1ccc(C(=O)N2CCC(NC(=O)c3cccs3)CC2)cc1. The van der Waals surface area contributed by atoms with Crippen molar-refractivity contribution in [1.82, 2.24) is 10.2 Å². The van der Waals surface area contributed by atoms with Gasteiger partial charge in [0.1, 0.15) is 0 Å². The van der Waals surface area contributed by atoms with Crippen LogP contribution in [0.1, 0.15) is 38.4 Å². The zero-order chi connectivity index (χ0) is 16.2. The van der Waals surface area contributed by atoms with Gasteiger partial charge in [-0.15, -0.1) is 11.3 Å². The first-order valence-corrected chi connectivity index (χ1v) is 8.72. The summed E-state index contributed by atoms with van der Waals surface area (Å²) >= 11 is 1.45. The van der Waals surface area contributed by atoms with Crippen LogP contribution in [0.15, 0.2) is 41.8 Å². The average molecular weight is 328 g/mol. The van der Waals surface area contributed by atoms with Gasteiger partial charge in [-0.2, -0.15) is 0 Å². The van der Waals surface area contributed by atoms with Crippen LogP contribution in [0.4, 0.5) is 0 Å². The molecule has 0 unspecified atom stereocenters. The molecule has 0 saturated carbocycles. The van der Waals surface area contributed by atoms with Crippen molar-refractivity contribution in [2.45, 2.75) is 25.8 Å². The minimum atomic E-state index is -0.0108. The van der Waals surface area contributed by atoms with Crippen molar-refractivity contribution in [2.75, 3.05) is 13.1 Å². The molecule has 1 aromatic carbocycles. The molecule has 0 aliphatic carbocycles. The molecule has 1 saturated heterocycles. The maximum absolute atomic E-state index is 12.5. The van der Waals surface area contributed by atoms with Gasteiger partial charge in [0, 0.05) is 24.7 Å². The minimum absolute atomic E-state index is 0.0108. The van der Waals surface area contributed by atoms with Crippen molar-refractivity contribution in [3.63, 3.8) is 0 Å². The average Bonchev–Trinajstić information content (AvgIpc) is 3.10. The number of nitrogens with one attached hydrogen (secondary N) is 1. The molecule has 23 heavy (non-hydrogen) atoms. The molecule has 120 valence electrons. The number of likely N-dealkylation sites (tertiary alicyclic amines) is 1. The van der Waals surface area contributed by atoms with Gasteiger partial charge in [0.05, 0.1) is 4.88 Å². The second kappa shape index (κ2) is 6.96. The van der Waals surface area contributed by atoms with Gasteiger partial charge in [-0.25, -0.2) is 0 Å². The van der Waals surface area contributed by atoms with Gasteiger partial charge in [-0.3, -0.25) is 9.59 Å². The monoisotopic (exact) mass is 328 g/mol. The summed E-state index contributed by atoms with van der Waals surface area (Å²) in [6, 6.07) is 11.5. The van der Waals surface area contributed by atoms with Gasteiger partial charge >= 0.3 is 0 Å². The van der Waals surface area contributed by atoms with E-state index in [0.717, 1.165) is 28.8 Å². The van der Waals surface area contributed by atoms with Gasteiger partial charge in [-0.1, -0.05) is 23.8 Å². The molecule has 2 heterocycles. The third kappa shape index (κ3) is 3.79. The molecule has 2 aromatic rings. The Morgan fingerprint density at radius 2 is 1.83 bits per heavy atom. The Morgan fingerprint density at radius 3 is 2.43 bits per heavy atom. The largest absolute Gasteiger partial charge is 0.348 e. The Bertz CT molecular complexity index is 672. The molecule has 1 aliphatic heterocycles. The van der Waals surface area contributed by atoms with Crippen molar-refractivity contribution in [3.05, 3.63) is 57.8 Å². The molecule has 1 aromatic heterocycles.